The van der Waals surface area contributed by atoms with Crippen LogP contribution < -0.4 is 20.1 Å². The smallest absolute Gasteiger partial charge is 0.330 e. The summed E-state index contributed by atoms with van der Waals surface area (Å²) in [6, 6.07) is 9.43. The molecule has 0 radical (unpaired) electrons. The number of aliphatic carboxylic acids is 1. The van der Waals surface area contributed by atoms with Crippen LogP contribution in [0.15, 0.2) is 54.4 Å². The molecule has 2 rings (SSSR count). The van der Waals surface area contributed by atoms with E-state index in [4.69, 9.17) is 9.47 Å². The lowest BCUT2D eigenvalue weighted by atomic mass is 10.0. The van der Waals surface area contributed by atoms with Crippen molar-refractivity contribution in [3.05, 3.63) is 65.6 Å². The number of ketones is 1. The van der Waals surface area contributed by atoms with Gasteiger partial charge in [0, 0.05) is 17.5 Å². The molecule has 2 amide bonds. The summed E-state index contributed by atoms with van der Waals surface area (Å²) in [5.41, 5.74) is 0.970. The van der Waals surface area contributed by atoms with E-state index in [1.165, 1.54) is 26.0 Å². The molecule has 1 atom stereocenters. The summed E-state index contributed by atoms with van der Waals surface area (Å²) in [5, 5.41) is 14.3. The second kappa shape index (κ2) is 14.6. The molecule has 0 bridgehead atoms. The number of pyridine rings is 1. The number of nitrogens with zero attached hydrogens (tertiary/aromatic N) is 1. The van der Waals surface area contributed by atoms with E-state index in [-0.39, 0.29) is 23.8 Å². The number of thioether (sulfide) groups is 1. The number of carboxylic acids is 1. The van der Waals surface area contributed by atoms with Crippen LogP contribution in [0.5, 0.6) is 11.5 Å². The number of carbonyl (C=O) groups excluding carboxylic acids is 3. The standard InChI is InChI=1S/C26H31N3O7S/c1-16(2)25(29-23(31)12-17-11-19(35-3)8-9-22(17)36-4)26(34)28-20(13-24(32)33)21(30)15-37-14-18-7-5-6-10-27-18/h5-11,13,16,25H,12,14-15H2,1-4H3,(H,28,34)(H,29,31)(H,32,33)/b20-13+/t25-/m0/s1. The molecule has 10 nitrogen and oxygen atoms in total. The zero-order valence-corrected chi connectivity index (χ0v) is 22.0. The Morgan fingerprint density at radius 3 is 2.46 bits per heavy atom. The molecular formula is C26H31N3O7S. The van der Waals surface area contributed by atoms with Gasteiger partial charge in [0.15, 0.2) is 5.78 Å². The second-order valence-corrected chi connectivity index (χ2v) is 9.25. The van der Waals surface area contributed by atoms with Crippen LogP contribution >= 0.6 is 11.8 Å². The average Bonchev–Trinajstić information content (AvgIpc) is 2.86. The van der Waals surface area contributed by atoms with E-state index in [1.54, 1.807) is 44.3 Å². The van der Waals surface area contributed by atoms with E-state index in [0.717, 1.165) is 5.69 Å². The first kappa shape index (κ1) is 29.4. The zero-order chi connectivity index (χ0) is 27.4. The van der Waals surface area contributed by atoms with Crippen LogP contribution in [-0.4, -0.2) is 59.7 Å². The summed E-state index contributed by atoms with van der Waals surface area (Å²) >= 11 is 1.24. The zero-order valence-electron chi connectivity index (χ0n) is 21.1. The van der Waals surface area contributed by atoms with E-state index < -0.39 is 29.6 Å². The maximum atomic E-state index is 13.0. The number of rotatable bonds is 14. The summed E-state index contributed by atoms with van der Waals surface area (Å²) in [6.45, 7) is 3.45. The summed E-state index contributed by atoms with van der Waals surface area (Å²) in [7, 11) is 2.99. The number of Topliss-reactive ketones (excluding diaryl/α,β-unsaturated/α-hetero) is 1. The number of hydrogen-bond acceptors (Lipinski definition) is 8. The highest BCUT2D eigenvalue weighted by atomic mass is 32.2. The Balaban J connectivity index is 2.07. The number of aromatic nitrogens is 1. The molecule has 1 heterocycles. The van der Waals surface area contributed by atoms with Crippen LogP contribution in [0.3, 0.4) is 0 Å². The topological polar surface area (TPSA) is 144 Å². The molecule has 0 saturated heterocycles. The molecule has 3 N–H and O–H groups in total. The summed E-state index contributed by atoms with van der Waals surface area (Å²) < 4.78 is 10.5. The molecule has 0 aliphatic carbocycles. The number of hydrogen-bond donors (Lipinski definition) is 3. The van der Waals surface area contributed by atoms with Gasteiger partial charge in [-0.2, -0.15) is 0 Å². The van der Waals surface area contributed by atoms with Gasteiger partial charge in [-0.05, 0) is 36.2 Å². The van der Waals surface area contributed by atoms with Crippen LogP contribution in [0.25, 0.3) is 0 Å². The lowest BCUT2D eigenvalue weighted by Crippen LogP contribution is -2.50. The Morgan fingerprint density at radius 2 is 1.86 bits per heavy atom. The van der Waals surface area contributed by atoms with Gasteiger partial charge in [0.25, 0.3) is 0 Å². The van der Waals surface area contributed by atoms with Crippen molar-refractivity contribution in [2.75, 3.05) is 20.0 Å². The maximum absolute atomic E-state index is 13.0. The minimum absolute atomic E-state index is 0.0652. The molecule has 0 aliphatic rings. The Bertz CT molecular complexity index is 1140. The quantitative estimate of drug-likeness (QED) is 0.314. The largest absolute Gasteiger partial charge is 0.497 e. The molecule has 0 spiro atoms. The maximum Gasteiger partial charge on any atom is 0.330 e. The first-order valence-electron chi connectivity index (χ1n) is 11.4. The minimum Gasteiger partial charge on any atom is -0.497 e. The summed E-state index contributed by atoms with van der Waals surface area (Å²) in [4.78, 5) is 54.0. The number of ether oxygens (including phenoxy) is 2. The van der Waals surface area contributed by atoms with Crippen LogP contribution in [0.4, 0.5) is 0 Å². The first-order chi connectivity index (χ1) is 17.6. The molecule has 1 aromatic heterocycles. The lowest BCUT2D eigenvalue weighted by Gasteiger charge is -2.22. The second-order valence-electron chi connectivity index (χ2n) is 8.27. The molecule has 0 aliphatic heterocycles. The van der Waals surface area contributed by atoms with Crippen molar-refractivity contribution in [2.45, 2.75) is 32.1 Å². The Morgan fingerprint density at radius 1 is 1.11 bits per heavy atom. The third-order valence-electron chi connectivity index (χ3n) is 5.14. The van der Waals surface area contributed by atoms with Crippen LogP contribution in [0.1, 0.15) is 25.1 Å². The Hall–Kier alpha value is -3.86. The fourth-order valence-corrected chi connectivity index (χ4v) is 4.11. The number of allylic oxidation sites excluding steroid dienone is 1. The van der Waals surface area contributed by atoms with Crippen molar-refractivity contribution in [3.63, 3.8) is 0 Å². The number of carbonyl (C=O) groups is 4. The molecule has 1 aromatic carbocycles. The predicted octanol–water partition coefficient (Wildman–Crippen LogP) is 2.37. The van der Waals surface area contributed by atoms with Gasteiger partial charge in [-0.3, -0.25) is 19.4 Å². The molecular weight excluding hydrogens is 498 g/mol. The van der Waals surface area contributed by atoms with Crippen molar-refractivity contribution in [1.29, 1.82) is 0 Å². The van der Waals surface area contributed by atoms with Crippen LogP contribution in [0, 0.1) is 5.92 Å². The molecule has 0 unspecified atom stereocenters. The van der Waals surface area contributed by atoms with Crippen LogP contribution in [-0.2, 0) is 31.4 Å². The minimum atomic E-state index is -1.38. The fraction of sp³-hybridized carbons (Fsp3) is 0.346. The Labute approximate surface area is 219 Å². The fourth-order valence-electron chi connectivity index (χ4n) is 3.28. The molecule has 11 heteroatoms. The molecule has 2 aromatic rings. The number of benzene rings is 1. The van der Waals surface area contributed by atoms with E-state index in [1.807, 2.05) is 12.1 Å². The van der Waals surface area contributed by atoms with E-state index in [9.17, 15) is 24.3 Å². The number of amides is 2. The van der Waals surface area contributed by atoms with Gasteiger partial charge in [-0.25, -0.2) is 4.79 Å². The molecule has 198 valence electrons. The first-order valence-corrected chi connectivity index (χ1v) is 12.6. The van der Waals surface area contributed by atoms with Gasteiger partial charge < -0.3 is 25.2 Å². The number of methoxy groups -OCH3 is 2. The van der Waals surface area contributed by atoms with Crippen molar-refractivity contribution in [3.8, 4) is 11.5 Å². The highest BCUT2D eigenvalue weighted by Gasteiger charge is 2.27. The Kier molecular flexibility index (Phi) is 11.6. The van der Waals surface area contributed by atoms with Gasteiger partial charge in [-0.15, -0.1) is 11.8 Å². The SMILES string of the molecule is COc1ccc(OC)c(CC(=O)N[C@H](C(=O)N/C(=C/C(=O)O)C(=O)CSCc2ccccn2)C(C)C)c1. The monoisotopic (exact) mass is 529 g/mol. The van der Waals surface area contributed by atoms with Gasteiger partial charge in [0.2, 0.25) is 11.8 Å². The van der Waals surface area contributed by atoms with Crippen molar-refractivity contribution >= 4 is 35.3 Å². The van der Waals surface area contributed by atoms with E-state index in [2.05, 4.69) is 15.6 Å². The molecule has 0 fully saturated rings. The van der Waals surface area contributed by atoms with Crippen molar-refractivity contribution in [2.24, 2.45) is 5.92 Å². The predicted molar refractivity (Wildman–Crippen MR) is 139 cm³/mol. The average molecular weight is 530 g/mol. The number of nitrogens with one attached hydrogen (secondary N) is 2. The summed E-state index contributed by atoms with van der Waals surface area (Å²) in [6.07, 6.45) is 2.21. The van der Waals surface area contributed by atoms with Crippen LogP contribution in [0.2, 0.25) is 0 Å². The summed E-state index contributed by atoms with van der Waals surface area (Å²) in [5.74, 6) is -2.04. The van der Waals surface area contributed by atoms with Gasteiger partial charge in [0.1, 0.15) is 17.5 Å². The third-order valence-corrected chi connectivity index (χ3v) is 6.11. The highest BCUT2D eigenvalue weighted by Crippen LogP contribution is 2.24. The van der Waals surface area contributed by atoms with Gasteiger partial charge in [0.05, 0.1) is 43.9 Å². The number of carboxylic acid groups (broad SMARTS) is 1. The lowest BCUT2D eigenvalue weighted by molar-refractivity contribution is -0.132. The highest BCUT2D eigenvalue weighted by molar-refractivity contribution is 7.99. The molecule has 37 heavy (non-hydrogen) atoms. The van der Waals surface area contributed by atoms with Crippen molar-refractivity contribution in [1.82, 2.24) is 15.6 Å². The van der Waals surface area contributed by atoms with Gasteiger partial charge >= 0.3 is 5.97 Å². The van der Waals surface area contributed by atoms with E-state index >= 15 is 0 Å². The normalized spacial score (nSPS) is 12.0. The van der Waals surface area contributed by atoms with Crippen molar-refractivity contribution < 1.29 is 33.8 Å². The third kappa shape index (κ3) is 9.60. The molecule has 0 saturated carbocycles. The van der Waals surface area contributed by atoms with E-state index in [0.29, 0.717) is 28.9 Å². The van der Waals surface area contributed by atoms with Gasteiger partial charge in [-0.1, -0.05) is 19.9 Å².